The van der Waals surface area contributed by atoms with Gasteiger partial charge in [-0.1, -0.05) is 19.1 Å². The van der Waals surface area contributed by atoms with E-state index in [9.17, 15) is 26.4 Å². The van der Waals surface area contributed by atoms with Gasteiger partial charge in [-0.05, 0) is 69.7 Å². The van der Waals surface area contributed by atoms with Gasteiger partial charge in [-0.3, -0.25) is 0 Å². The molecular weight excluding hydrogens is 433 g/mol. The Labute approximate surface area is 182 Å². The number of nitrogens with one attached hydrogen (secondary N) is 1. The third-order valence-corrected chi connectivity index (χ3v) is 7.13. The molecule has 1 aliphatic heterocycles. The molecule has 0 radical (unpaired) electrons. The highest BCUT2D eigenvalue weighted by molar-refractivity contribution is 7.92. The molecule has 1 fully saturated rings. The van der Waals surface area contributed by atoms with Crippen molar-refractivity contribution in [1.82, 2.24) is 10.2 Å². The Morgan fingerprint density at radius 2 is 1.81 bits per heavy atom. The van der Waals surface area contributed by atoms with Gasteiger partial charge in [-0.2, -0.15) is 13.2 Å². The van der Waals surface area contributed by atoms with Crippen molar-refractivity contribution in [2.24, 2.45) is 0 Å². The number of cyclic esters (lactones) is 1. The van der Waals surface area contributed by atoms with Gasteiger partial charge in [0.25, 0.3) is 9.84 Å². The first-order valence-electron chi connectivity index (χ1n) is 10.6. The van der Waals surface area contributed by atoms with Gasteiger partial charge in [0.2, 0.25) is 0 Å². The second-order valence-electron chi connectivity index (χ2n) is 8.13. The minimum Gasteiger partial charge on any atom is -0.449 e. The summed E-state index contributed by atoms with van der Waals surface area (Å²) in [5, 5.41) is 3.49. The van der Waals surface area contributed by atoms with Crippen LogP contribution in [0.1, 0.15) is 51.5 Å². The van der Waals surface area contributed by atoms with E-state index in [1.807, 2.05) is 13.8 Å². The Kier molecular flexibility index (Phi) is 8.76. The van der Waals surface area contributed by atoms with E-state index in [-0.39, 0.29) is 11.6 Å². The van der Waals surface area contributed by atoms with E-state index < -0.39 is 20.2 Å². The number of ether oxygens (including phenoxy) is 1. The molecule has 0 aromatic heterocycles. The number of sulfone groups is 1. The first kappa shape index (κ1) is 25.5. The number of nitrogens with zero attached hydrogens (tertiary/aromatic N) is 1. The summed E-state index contributed by atoms with van der Waals surface area (Å²) in [4.78, 5) is 12.8. The summed E-state index contributed by atoms with van der Waals surface area (Å²) in [6.45, 7) is 6.63. The first-order valence-corrected chi connectivity index (χ1v) is 12.0. The molecule has 1 aromatic carbocycles. The fraction of sp³-hybridized carbons (Fsp3) is 0.667. The van der Waals surface area contributed by atoms with Crippen LogP contribution in [0.3, 0.4) is 0 Å². The summed E-state index contributed by atoms with van der Waals surface area (Å²) >= 11 is 0. The number of halogens is 3. The van der Waals surface area contributed by atoms with Crippen molar-refractivity contribution in [2.45, 2.75) is 68.3 Å². The van der Waals surface area contributed by atoms with E-state index >= 15 is 0 Å². The van der Waals surface area contributed by atoms with E-state index in [1.165, 1.54) is 12.1 Å². The lowest BCUT2D eigenvalue weighted by Crippen LogP contribution is -2.44. The van der Waals surface area contributed by atoms with Crippen molar-refractivity contribution in [3.05, 3.63) is 29.8 Å². The SMILES string of the molecule is CCC(C)(Cc1ccc(S(=O)(=O)C(F)(F)F)cc1)NCCCCN1CCCCOC1=O. The topological polar surface area (TPSA) is 75.7 Å². The van der Waals surface area contributed by atoms with Crippen molar-refractivity contribution in [3.63, 3.8) is 0 Å². The minimum atomic E-state index is -5.33. The molecule has 1 atom stereocenters. The number of amides is 1. The summed E-state index contributed by atoms with van der Waals surface area (Å²) in [5.41, 5.74) is -4.84. The van der Waals surface area contributed by atoms with Gasteiger partial charge >= 0.3 is 11.6 Å². The van der Waals surface area contributed by atoms with Crippen molar-refractivity contribution in [2.75, 3.05) is 26.2 Å². The van der Waals surface area contributed by atoms with E-state index in [4.69, 9.17) is 4.74 Å². The number of carbonyl (C=O) groups is 1. The largest absolute Gasteiger partial charge is 0.501 e. The Balaban J connectivity index is 1.84. The van der Waals surface area contributed by atoms with Crippen LogP contribution >= 0.6 is 0 Å². The zero-order chi connectivity index (χ0) is 23.1. The average Bonchev–Trinajstić information content (AvgIpc) is 2.91. The first-order chi connectivity index (χ1) is 14.5. The van der Waals surface area contributed by atoms with Gasteiger partial charge in [-0.25, -0.2) is 13.2 Å². The summed E-state index contributed by atoms with van der Waals surface area (Å²) in [6, 6.07) is 4.88. The van der Waals surface area contributed by atoms with Gasteiger partial charge in [0.15, 0.2) is 0 Å². The van der Waals surface area contributed by atoms with Gasteiger partial charge < -0.3 is 15.0 Å². The van der Waals surface area contributed by atoms with Crippen LogP contribution in [0, 0.1) is 0 Å². The van der Waals surface area contributed by atoms with Crippen LogP contribution in [0.4, 0.5) is 18.0 Å². The van der Waals surface area contributed by atoms with E-state index in [1.54, 1.807) is 4.90 Å². The lowest BCUT2D eigenvalue weighted by atomic mass is 9.90. The number of hydrogen-bond acceptors (Lipinski definition) is 5. The highest BCUT2D eigenvalue weighted by Gasteiger charge is 2.46. The highest BCUT2D eigenvalue weighted by atomic mass is 32.2. The van der Waals surface area contributed by atoms with E-state index in [0.717, 1.165) is 62.9 Å². The third kappa shape index (κ3) is 7.10. The third-order valence-electron chi connectivity index (χ3n) is 5.63. The Hall–Kier alpha value is -1.81. The Morgan fingerprint density at radius 3 is 2.42 bits per heavy atom. The maximum absolute atomic E-state index is 12.7. The van der Waals surface area contributed by atoms with Crippen LogP contribution in [0.2, 0.25) is 0 Å². The molecule has 1 unspecified atom stereocenters. The predicted octanol–water partition coefficient (Wildman–Crippen LogP) is 4.29. The standard InChI is InChI=1S/C21H31F3N2O4S/c1-3-20(2,25-12-4-5-13-26-14-6-7-15-30-19(26)27)16-17-8-10-18(11-9-17)31(28,29)21(22,23)24/h8-11,25H,3-7,12-16H2,1-2H3. The van der Waals surface area contributed by atoms with Crippen LogP contribution < -0.4 is 5.32 Å². The lowest BCUT2D eigenvalue weighted by molar-refractivity contribution is -0.0436. The molecule has 1 aromatic rings. The highest BCUT2D eigenvalue weighted by Crippen LogP contribution is 2.30. The molecule has 0 saturated carbocycles. The molecule has 1 heterocycles. The van der Waals surface area contributed by atoms with Gasteiger partial charge in [0, 0.05) is 18.6 Å². The maximum atomic E-state index is 12.7. The lowest BCUT2D eigenvalue weighted by Gasteiger charge is -2.30. The summed E-state index contributed by atoms with van der Waals surface area (Å²) in [7, 11) is -5.33. The molecule has 176 valence electrons. The molecule has 1 amide bonds. The zero-order valence-electron chi connectivity index (χ0n) is 18.0. The van der Waals surface area contributed by atoms with Crippen LogP contribution in [-0.4, -0.2) is 56.7 Å². The van der Waals surface area contributed by atoms with Crippen LogP contribution in [0.25, 0.3) is 0 Å². The molecule has 10 heteroatoms. The molecule has 1 aliphatic rings. The van der Waals surface area contributed by atoms with Crippen molar-refractivity contribution in [1.29, 1.82) is 0 Å². The number of alkyl halides is 3. The van der Waals surface area contributed by atoms with Crippen molar-refractivity contribution in [3.8, 4) is 0 Å². The van der Waals surface area contributed by atoms with E-state index in [0.29, 0.717) is 19.6 Å². The Morgan fingerprint density at radius 1 is 1.13 bits per heavy atom. The van der Waals surface area contributed by atoms with Gasteiger partial charge in [-0.15, -0.1) is 0 Å². The molecule has 2 rings (SSSR count). The van der Waals surface area contributed by atoms with Crippen LogP contribution in [-0.2, 0) is 21.0 Å². The quantitative estimate of drug-likeness (QED) is 0.523. The average molecular weight is 465 g/mol. The van der Waals surface area contributed by atoms with Crippen molar-refractivity contribution >= 4 is 15.9 Å². The van der Waals surface area contributed by atoms with Crippen molar-refractivity contribution < 1.29 is 31.1 Å². The minimum absolute atomic E-state index is 0.250. The number of carbonyl (C=O) groups excluding carboxylic acids is 1. The molecule has 0 aliphatic carbocycles. The van der Waals surface area contributed by atoms with Crippen LogP contribution in [0.5, 0.6) is 0 Å². The molecular formula is C21H31F3N2O4S. The fourth-order valence-electron chi connectivity index (χ4n) is 3.45. The molecule has 1 saturated heterocycles. The Bertz CT molecular complexity index is 828. The second kappa shape index (κ2) is 10.7. The van der Waals surface area contributed by atoms with Gasteiger partial charge in [0.1, 0.15) is 0 Å². The van der Waals surface area contributed by atoms with Gasteiger partial charge in [0.05, 0.1) is 11.5 Å². The number of unbranched alkanes of at least 4 members (excludes halogenated alkanes) is 1. The molecule has 1 N–H and O–H groups in total. The predicted molar refractivity (Wildman–Crippen MR) is 111 cm³/mol. The summed E-state index contributed by atoms with van der Waals surface area (Å²) in [5.74, 6) is 0. The monoisotopic (exact) mass is 464 g/mol. The second-order valence-corrected chi connectivity index (χ2v) is 10.1. The molecule has 0 bridgehead atoms. The maximum Gasteiger partial charge on any atom is 0.501 e. The zero-order valence-corrected chi connectivity index (χ0v) is 18.8. The summed E-state index contributed by atoms with van der Waals surface area (Å²) in [6.07, 6.45) is 4.62. The number of rotatable bonds is 10. The van der Waals surface area contributed by atoms with Crippen LogP contribution in [0.15, 0.2) is 29.2 Å². The summed E-state index contributed by atoms with van der Waals surface area (Å²) < 4.78 is 66.2. The molecule has 0 spiro atoms. The number of benzene rings is 1. The molecule has 31 heavy (non-hydrogen) atoms. The fourth-order valence-corrected chi connectivity index (χ4v) is 4.21. The normalized spacial score (nSPS) is 17.7. The van der Waals surface area contributed by atoms with E-state index in [2.05, 4.69) is 5.32 Å². The number of hydrogen-bond donors (Lipinski definition) is 1. The smallest absolute Gasteiger partial charge is 0.449 e. The molecule has 6 nitrogen and oxygen atoms in total.